The Morgan fingerprint density at radius 1 is 1.67 bits per heavy atom. The topological polar surface area (TPSA) is 37.3 Å². The average molecular weight is 168 g/mol. The number of rotatable bonds is 1. The van der Waals surface area contributed by atoms with Gasteiger partial charge in [-0.15, -0.1) is 0 Å². The summed E-state index contributed by atoms with van der Waals surface area (Å²) in [6.07, 6.45) is 0.630. The van der Waals surface area contributed by atoms with Crippen molar-refractivity contribution in [3.05, 3.63) is 12.2 Å². The van der Waals surface area contributed by atoms with Crippen molar-refractivity contribution in [2.24, 2.45) is 17.3 Å². The van der Waals surface area contributed by atoms with E-state index in [0.29, 0.717) is 12.3 Å². The van der Waals surface area contributed by atoms with Crippen LogP contribution in [0.25, 0.3) is 0 Å². The number of hydrogen-bond acceptors (Lipinski definition) is 1. The fraction of sp³-hybridized carbons (Fsp3) is 0.700. The molecule has 1 rings (SSSR count). The van der Waals surface area contributed by atoms with Crippen LogP contribution in [0.4, 0.5) is 0 Å². The van der Waals surface area contributed by atoms with Crippen LogP contribution >= 0.6 is 0 Å². The van der Waals surface area contributed by atoms with Gasteiger partial charge in [0.05, 0.1) is 5.41 Å². The lowest BCUT2D eigenvalue weighted by atomic mass is 9.79. The molecule has 0 bridgehead atoms. The highest BCUT2D eigenvalue weighted by Crippen LogP contribution is 2.48. The zero-order valence-electron chi connectivity index (χ0n) is 7.92. The molecule has 12 heavy (non-hydrogen) atoms. The zero-order chi connectivity index (χ0) is 9.52. The first kappa shape index (κ1) is 9.30. The minimum Gasteiger partial charge on any atom is -0.481 e. The van der Waals surface area contributed by atoms with E-state index in [2.05, 4.69) is 13.5 Å². The van der Waals surface area contributed by atoms with E-state index in [1.807, 2.05) is 13.8 Å². The number of allylic oxidation sites excluding steroid dienone is 1. The second-order valence-electron chi connectivity index (χ2n) is 4.13. The largest absolute Gasteiger partial charge is 0.481 e. The lowest BCUT2D eigenvalue weighted by Gasteiger charge is -2.24. The highest BCUT2D eigenvalue weighted by atomic mass is 16.4. The van der Waals surface area contributed by atoms with Crippen molar-refractivity contribution in [1.82, 2.24) is 0 Å². The van der Waals surface area contributed by atoms with Gasteiger partial charge in [-0.05, 0) is 25.2 Å². The highest BCUT2D eigenvalue weighted by Gasteiger charge is 2.47. The summed E-state index contributed by atoms with van der Waals surface area (Å²) in [5.41, 5.74) is 0.489. The summed E-state index contributed by atoms with van der Waals surface area (Å²) in [7, 11) is 0. The van der Waals surface area contributed by atoms with Crippen molar-refractivity contribution in [3.63, 3.8) is 0 Å². The molecule has 1 saturated carbocycles. The summed E-state index contributed by atoms with van der Waals surface area (Å²) in [5, 5.41) is 9.04. The second-order valence-corrected chi connectivity index (χ2v) is 4.13. The molecular formula is C10H16O2. The van der Waals surface area contributed by atoms with E-state index in [1.54, 1.807) is 0 Å². The van der Waals surface area contributed by atoms with Gasteiger partial charge in [-0.3, -0.25) is 4.79 Å². The molecule has 68 valence electrons. The predicted octanol–water partition coefficient (Wildman–Crippen LogP) is 2.31. The Labute approximate surface area is 73.3 Å². The molecule has 2 nitrogen and oxygen atoms in total. The predicted molar refractivity (Wildman–Crippen MR) is 47.8 cm³/mol. The van der Waals surface area contributed by atoms with Crippen molar-refractivity contribution < 1.29 is 9.90 Å². The molecule has 0 spiro atoms. The first-order valence-corrected chi connectivity index (χ1v) is 4.30. The summed E-state index contributed by atoms with van der Waals surface area (Å²) in [6.45, 7) is 9.77. The molecule has 1 fully saturated rings. The van der Waals surface area contributed by atoms with Gasteiger partial charge in [0.2, 0.25) is 0 Å². The SMILES string of the molecule is C=C1C[C@@](C)(C(=O)O)[C@@H](C)C1C. The van der Waals surface area contributed by atoms with Gasteiger partial charge in [0.1, 0.15) is 0 Å². The van der Waals surface area contributed by atoms with Crippen LogP contribution in [0.5, 0.6) is 0 Å². The molecule has 0 aromatic carbocycles. The lowest BCUT2D eigenvalue weighted by Crippen LogP contribution is -2.31. The Balaban J connectivity index is 2.97. The molecule has 0 amide bonds. The van der Waals surface area contributed by atoms with E-state index in [-0.39, 0.29) is 5.92 Å². The molecule has 0 saturated heterocycles. The summed E-state index contributed by atoms with van der Waals surface area (Å²) in [4.78, 5) is 11.0. The normalized spacial score (nSPS) is 41.8. The number of aliphatic carboxylic acids is 1. The molecule has 0 aromatic rings. The third-order valence-corrected chi connectivity index (χ3v) is 3.48. The number of carboxylic acid groups (broad SMARTS) is 1. The maximum atomic E-state index is 11.0. The number of carbonyl (C=O) groups is 1. The zero-order valence-corrected chi connectivity index (χ0v) is 7.92. The Bertz CT molecular complexity index is 230. The van der Waals surface area contributed by atoms with Gasteiger partial charge in [-0.1, -0.05) is 26.0 Å². The monoisotopic (exact) mass is 168 g/mol. The van der Waals surface area contributed by atoms with Gasteiger partial charge in [-0.25, -0.2) is 0 Å². The van der Waals surface area contributed by atoms with Crippen molar-refractivity contribution in [2.45, 2.75) is 27.2 Å². The molecule has 2 heteroatoms. The van der Waals surface area contributed by atoms with E-state index in [4.69, 9.17) is 5.11 Å². The molecule has 0 aromatic heterocycles. The Hall–Kier alpha value is -0.790. The fourth-order valence-corrected chi connectivity index (χ4v) is 1.97. The van der Waals surface area contributed by atoms with Crippen molar-refractivity contribution in [3.8, 4) is 0 Å². The minimum atomic E-state index is -0.694. The van der Waals surface area contributed by atoms with E-state index in [1.165, 1.54) is 0 Å². The molecule has 0 radical (unpaired) electrons. The van der Waals surface area contributed by atoms with Crippen LogP contribution in [0.2, 0.25) is 0 Å². The van der Waals surface area contributed by atoms with Crippen LogP contribution in [0, 0.1) is 17.3 Å². The second kappa shape index (κ2) is 2.61. The van der Waals surface area contributed by atoms with E-state index < -0.39 is 11.4 Å². The minimum absolute atomic E-state index is 0.197. The van der Waals surface area contributed by atoms with Crippen LogP contribution in [0.3, 0.4) is 0 Å². The maximum absolute atomic E-state index is 11.0. The maximum Gasteiger partial charge on any atom is 0.309 e. The van der Waals surface area contributed by atoms with E-state index in [0.717, 1.165) is 5.57 Å². The van der Waals surface area contributed by atoms with Crippen LogP contribution < -0.4 is 0 Å². The Morgan fingerprint density at radius 3 is 2.33 bits per heavy atom. The van der Waals surface area contributed by atoms with E-state index in [9.17, 15) is 4.79 Å². The molecule has 1 unspecified atom stereocenters. The number of carboxylic acids is 1. The quantitative estimate of drug-likeness (QED) is 0.610. The molecule has 3 atom stereocenters. The molecule has 0 aliphatic heterocycles. The highest BCUT2D eigenvalue weighted by molar-refractivity contribution is 5.76. The fourth-order valence-electron chi connectivity index (χ4n) is 1.97. The summed E-state index contributed by atoms with van der Waals surface area (Å²) in [5.74, 6) is -0.158. The Morgan fingerprint density at radius 2 is 2.17 bits per heavy atom. The van der Waals surface area contributed by atoms with E-state index >= 15 is 0 Å². The third-order valence-electron chi connectivity index (χ3n) is 3.48. The molecular weight excluding hydrogens is 152 g/mol. The van der Waals surface area contributed by atoms with Crippen molar-refractivity contribution in [1.29, 1.82) is 0 Å². The summed E-state index contributed by atoms with van der Waals surface area (Å²) in [6, 6.07) is 0. The van der Waals surface area contributed by atoms with Crippen molar-refractivity contribution in [2.75, 3.05) is 0 Å². The molecule has 1 N–H and O–H groups in total. The van der Waals surface area contributed by atoms with Crippen LogP contribution in [-0.4, -0.2) is 11.1 Å². The van der Waals surface area contributed by atoms with Gasteiger partial charge in [-0.2, -0.15) is 0 Å². The van der Waals surface area contributed by atoms with Gasteiger partial charge in [0, 0.05) is 0 Å². The average Bonchev–Trinajstić information content (AvgIpc) is 2.17. The Kier molecular flexibility index (Phi) is 2.02. The smallest absolute Gasteiger partial charge is 0.309 e. The van der Waals surface area contributed by atoms with Crippen LogP contribution in [0.15, 0.2) is 12.2 Å². The van der Waals surface area contributed by atoms with Crippen LogP contribution in [0.1, 0.15) is 27.2 Å². The molecule has 1 aliphatic carbocycles. The van der Waals surface area contributed by atoms with Crippen molar-refractivity contribution >= 4 is 5.97 Å². The van der Waals surface area contributed by atoms with Gasteiger partial charge in [0.15, 0.2) is 0 Å². The summed E-state index contributed by atoms with van der Waals surface area (Å²) >= 11 is 0. The summed E-state index contributed by atoms with van der Waals surface area (Å²) < 4.78 is 0. The molecule has 1 aliphatic rings. The first-order chi connectivity index (χ1) is 5.39. The standard InChI is InChI=1S/C10H16O2/c1-6-5-10(4,9(11)12)8(3)7(6)2/h7-8H,1,5H2,2-4H3,(H,11,12)/t7?,8-,10+/m0/s1. The van der Waals surface area contributed by atoms with Crippen LogP contribution in [-0.2, 0) is 4.79 Å². The first-order valence-electron chi connectivity index (χ1n) is 4.30. The molecule has 0 heterocycles. The lowest BCUT2D eigenvalue weighted by molar-refractivity contribution is -0.150. The van der Waals surface area contributed by atoms with Gasteiger partial charge >= 0.3 is 5.97 Å². The van der Waals surface area contributed by atoms with Gasteiger partial charge < -0.3 is 5.11 Å². The van der Waals surface area contributed by atoms with Gasteiger partial charge in [0.25, 0.3) is 0 Å². The third kappa shape index (κ3) is 1.06. The number of hydrogen-bond donors (Lipinski definition) is 1.